The minimum atomic E-state index is -0.948. The lowest BCUT2D eigenvalue weighted by molar-refractivity contribution is -0.112. The van der Waals surface area contributed by atoms with Crippen LogP contribution in [-0.4, -0.2) is 23.1 Å². The maximum Gasteiger partial charge on any atom is 0.234 e. The number of rotatable bonds is 1. The smallest absolute Gasteiger partial charge is 0.234 e. The van der Waals surface area contributed by atoms with E-state index in [1.807, 2.05) is 0 Å². The van der Waals surface area contributed by atoms with Gasteiger partial charge in [0.05, 0.1) is 11.1 Å². The monoisotopic (exact) mass is 452 g/mol. The first-order chi connectivity index (χ1) is 16.0. The fraction of sp³-hybridized carbons (Fsp3) is 0.0370. The molecule has 1 unspecified atom stereocenters. The number of fused-ring (bicyclic) bond motifs is 3. The Hall–Kier alpha value is -4.09. The molecule has 0 spiro atoms. The standard InChI is InChI=1S/C27H13ClO5/c28-14-11-9-13(10-12-14)19-20-22(29)15-5-1-2-6-16(15)24(31)27(20)33-26-18-8-4-3-7-17(18)23(30)25(32)21(19)26/h1-12,19H. The summed E-state index contributed by atoms with van der Waals surface area (Å²) in [5.41, 5.74) is 1.77. The van der Waals surface area contributed by atoms with Crippen molar-refractivity contribution in [1.29, 1.82) is 0 Å². The second-order valence-electron chi connectivity index (χ2n) is 7.98. The van der Waals surface area contributed by atoms with E-state index in [-0.39, 0.29) is 39.4 Å². The SMILES string of the molecule is O=C1C(=O)c2ccccc2C2=C1C(c1ccc(Cl)cc1)C1=C(O2)C(=O)c2ccccc2C1=O. The Bertz CT molecular complexity index is 1510. The second-order valence-corrected chi connectivity index (χ2v) is 8.42. The van der Waals surface area contributed by atoms with Gasteiger partial charge in [-0.05, 0) is 17.7 Å². The largest absolute Gasteiger partial charge is 0.452 e. The predicted molar refractivity (Wildman–Crippen MR) is 120 cm³/mol. The van der Waals surface area contributed by atoms with Crippen molar-refractivity contribution in [2.45, 2.75) is 5.92 Å². The summed E-state index contributed by atoms with van der Waals surface area (Å²) in [6, 6.07) is 19.7. The zero-order valence-electron chi connectivity index (χ0n) is 16.9. The fourth-order valence-corrected chi connectivity index (χ4v) is 4.84. The number of ketones is 4. The van der Waals surface area contributed by atoms with Crippen LogP contribution < -0.4 is 0 Å². The van der Waals surface area contributed by atoms with Gasteiger partial charge in [0.1, 0.15) is 5.76 Å². The molecule has 33 heavy (non-hydrogen) atoms. The van der Waals surface area contributed by atoms with E-state index in [4.69, 9.17) is 16.3 Å². The molecule has 158 valence electrons. The number of benzene rings is 3. The van der Waals surface area contributed by atoms with Crippen LogP contribution in [0.1, 0.15) is 48.1 Å². The average molecular weight is 453 g/mol. The number of hydrogen-bond donors (Lipinski definition) is 0. The molecule has 3 aliphatic rings. The van der Waals surface area contributed by atoms with Gasteiger partial charge in [-0.25, -0.2) is 0 Å². The van der Waals surface area contributed by atoms with Crippen molar-refractivity contribution >= 4 is 40.5 Å². The molecule has 0 saturated heterocycles. The van der Waals surface area contributed by atoms with Crippen LogP contribution in [-0.2, 0) is 9.53 Å². The fourth-order valence-electron chi connectivity index (χ4n) is 4.71. The first kappa shape index (κ1) is 19.6. The molecule has 1 aliphatic heterocycles. The zero-order chi connectivity index (χ0) is 22.9. The van der Waals surface area contributed by atoms with E-state index in [2.05, 4.69) is 0 Å². The summed E-state index contributed by atoms with van der Waals surface area (Å²) < 4.78 is 6.04. The molecule has 1 atom stereocenters. The molecule has 0 N–H and O–H groups in total. The van der Waals surface area contributed by atoms with Crippen LogP contribution >= 0.6 is 11.6 Å². The minimum Gasteiger partial charge on any atom is -0.452 e. The molecule has 2 aliphatic carbocycles. The third-order valence-corrected chi connectivity index (χ3v) is 6.46. The van der Waals surface area contributed by atoms with Gasteiger partial charge in [0, 0.05) is 33.2 Å². The maximum atomic E-state index is 13.6. The van der Waals surface area contributed by atoms with E-state index >= 15 is 0 Å². The molecule has 0 saturated carbocycles. The Morgan fingerprint density at radius 1 is 0.545 bits per heavy atom. The van der Waals surface area contributed by atoms with Crippen LogP contribution in [0.4, 0.5) is 0 Å². The molecule has 0 bridgehead atoms. The van der Waals surface area contributed by atoms with Gasteiger partial charge < -0.3 is 4.74 Å². The number of carbonyl (C=O) groups is 4. The van der Waals surface area contributed by atoms with E-state index in [0.29, 0.717) is 16.1 Å². The number of allylic oxidation sites excluding steroid dienone is 3. The average Bonchev–Trinajstić information content (AvgIpc) is 2.85. The molecule has 1 heterocycles. The van der Waals surface area contributed by atoms with Gasteiger partial charge in [0.2, 0.25) is 17.3 Å². The molecule has 0 radical (unpaired) electrons. The summed E-state index contributed by atoms with van der Waals surface area (Å²) in [5, 5.41) is 0.474. The number of Topliss-reactive ketones (excluding diaryl/α,β-unsaturated/α-hetero) is 4. The lowest BCUT2D eigenvalue weighted by atomic mass is 9.70. The van der Waals surface area contributed by atoms with E-state index in [9.17, 15) is 19.2 Å². The predicted octanol–water partition coefficient (Wildman–Crippen LogP) is 4.96. The van der Waals surface area contributed by atoms with E-state index in [1.54, 1.807) is 72.8 Å². The molecule has 5 nitrogen and oxygen atoms in total. The summed E-state index contributed by atoms with van der Waals surface area (Å²) in [4.78, 5) is 53.4. The van der Waals surface area contributed by atoms with Gasteiger partial charge >= 0.3 is 0 Å². The lowest BCUT2D eigenvalue weighted by Crippen LogP contribution is -2.36. The van der Waals surface area contributed by atoms with E-state index in [0.717, 1.165) is 0 Å². The Labute approximate surface area is 192 Å². The molecule has 0 aromatic heterocycles. The maximum absolute atomic E-state index is 13.6. The minimum absolute atomic E-state index is 0.0558. The van der Waals surface area contributed by atoms with Crippen LogP contribution in [0.2, 0.25) is 5.02 Å². The number of halogens is 1. The zero-order valence-corrected chi connectivity index (χ0v) is 17.7. The summed E-state index contributed by atoms with van der Waals surface area (Å²) >= 11 is 6.07. The molecule has 6 rings (SSSR count). The van der Waals surface area contributed by atoms with Crippen LogP contribution in [0.3, 0.4) is 0 Å². The van der Waals surface area contributed by atoms with Crippen molar-refractivity contribution < 1.29 is 23.9 Å². The first-order valence-corrected chi connectivity index (χ1v) is 10.6. The van der Waals surface area contributed by atoms with Gasteiger partial charge in [-0.1, -0.05) is 72.3 Å². The Morgan fingerprint density at radius 3 is 1.70 bits per heavy atom. The van der Waals surface area contributed by atoms with Crippen LogP contribution in [0.25, 0.3) is 5.76 Å². The topological polar surface area (TPSA) is 77.5 Å². The molecule has 3 aromatic carbocycles. The normalized spacial score (nSPS) is 19.0. The molecule has 3 aromatic rings. The van der Waals surface area contributed by atoms with Gasteiger partial charge in [-0.3, -0.25) is 19.2 Å². The van der Waals surface area contributed by atoms with E-state index in [1.165, 1.54) is 0 Å². The van der Waals surface area contributed by atoms with Gasteiger partial charge in [-0.2, -0.15) is 0 Å². The van der Waals surface area contributed by atoms with Crippen molar-refractivity contribution in [3.05, 3.63) is 123 Å². The molecule has 0 fully saturated rings. The lowest BCUT2D eigenvalue weighted by Gasteiger charge is -2.35. The van der Waals surface area contributed by atoms with Crippen molar-refractivity contribution in [3.8, 4) is 0 Å². The number of ether oxygens (including phenoxy) is 1. The molecule has 6 heteroatoms. The summed E-state index contributed by atoms with van der Waals surface area (Å²) in [7, 11) is 0. The van der Waals surface area contributed by atoms with Crippen LogP contribution in [0.15, 0.2) is 89.7 Å². The number of carbonyl (C=O) groups excluding carboxylic acids is 4. The van der Waals surface area contributed by atoms with Crippen LogP contribution in [0.5, 0.6) is 0 Å². The third-order valence-electron chi connectivity index (χ3n) is 6.21. The van der Waals surface area contributed by atoms with Crippen molar-refractivity contribution in [2.75, 3.05) is 0 Å². The first-order valence-electron chi connectivity index (χ1n) is 10.3. The third kappa shape index (κ3) is 2.66. The summed E-state index contributed by atoms with van der Waals surface area (Å²) in [5.74, 6) is -3.21. The quantitative estimate of drug-likeness (QED) is 0.487. The summed E-state index contributed by atoms with van der Waals surface area (Å²) in [6.07, 6.45) is 0. The molecular weight excluding hydrogens is 440 g/mol. The van der Waals surface area contributed by atoms with Crippen molar-refractivity contribution in [2.24, 2.45) is 0 Å². The Kier molecular flexibility index (Phi) is 4.13. The summed E-state index contributed by atoms with van der Waals surface area (Å²) in [6.45, 7) is 0. The highest BCUT2D eigenvalue weighted by molar-refractivity contribution is 6.53. The highest BCUT2D eigenvalue weighted by Crippen LogP contribution is 2.50. The van der Waals surface area contributed by atoms with Crippen molar-refractivity contribution in [3.63, 3.8) is 0 Å². The molecule has 0 amide bonds. The Morgan fingerprint density at radius 2 is 1.06 bits per heavy atom. The van der Waals surface area contributed by atoms with Gasteiger partial charge in [0.25, 0.3) is 0 Å². The highest BCUT2D eigenvalue weighted by Gasteiger charge is 2.49. The van der Waals surface area contributed by atoms with Gasteiger partial charge in [0.15, 0.2) is 11.5 Å². The van der Waals surface area contributed by atoms with Gasteiger partial charge in [-0.15, -0.1) is 0 Å². The molecular formula is C27H13ClO5. The van der Waals surface area contributed by atoms with Crippen molar-refractivity contribution in [1.82, 2.24) is 0 Å². The highest BCUT2D eigenvalue weighted by atomic mass is 35.5. The number of hydrogen-bond acceptors (Lipinski definition) is 5. The second kappa shape index (κ2) is 6.95. The Balaban J connectivity index is 1.67. The van der Waals surface area contributed by atoms with E-state index < -0.39 is 29.1 Å². The van der Waals surface area contributed by atoms with Crippen LogP contribution in [0, 0.1) is 0 Å².